The minimum absolute atomic E-state index is 0.0274. The number of aromatic amines is 1. The van der Waals surface area contributed by atoms with Crippen molar-refractivity contribution >= 4 is 17.5 Å². The molecule has 1 heterocycles. The van der Waals surface area contributed by atoms with Crippen molar-refractivity contribution in [1.29, 1.82) is 0 Å². The lowest BCUT2D eigenvalue weighted by Gasteiger charge is -2.20. The van der Waals surface area contributed by atoms with E-state index in [0.29, 0.717) is 23.0 Å². The second-order valence-electron chi connectivity index (χ2n) is 5.13. The number of hydrogen-bond acceptors (Lipinski definition) is 3. The Morgan fingerprint density at radius 3 is 2.71 bits per heavy atom. The molecule has 110 valence electrons. The summed E-state index contributed by atoms with van der Waals surface area (Å²) < 4.78 is 0. The highest BCUT2D eigenvalue weighted by molar-refractivity contribution is 6.30. The normalized spacial score (nSPS) is 14.2. The molecule has 5 nitrogen and oxygen atoms in total. The smallest absolute Gasteiger partial charge is 0.272 e. The van der Waals surface area contributed by atoms with Crippen LogP contribution in [0.5, 0.6) is 0 Å². The van der Waals surface area contributed by atoms with E-state index in [-0.39, 0.29) is 18.6 Å². The summed E-state index contributed by atoms with van der Waals surface area (Å²) in [7, 11) is 0. The maximum absolute atomic E-state index is 12.4. The van der Waals surface area contributed by atoms with Gasteiger partial charge in [-0.15, -0.1) is 0 Å². The summed E-state index contributed by atoms with van der Waals surface area (Å²) in [6.45, 7) is 0.333. The Hall–Kier alpha value is -1.85. The van der Waals surface area contributed by atoms with Gasteiger partial charge in [-0.05, 0) is 31.0 Å². The first-order valence-electron chi connectivity index (χ1n) is 6.92. The number of carbonyl (C=O) groups excluding carboxylic acids is 1. The SMILES string of the molecule is O=C(c1cc(-c2ccc(Cl)cc2)n[nH]1)N(CCO)C1CC1. The van der Waals surface area contributed by atoms with Gasteiger partial charge in [-0.3, -0.25) is 9.89 Å². The maximum Gasteiger partial charge on any atom is 0.272 e. The molecule has 1 saturated carbocycles. The van der Waals surface area contributed by atoms with Gasteiger partial charge in [-0.2, -0.15) is 5.10 Å². The minimum atomic E-state index is -0.112. The third-order valence-electron chi connectivity index (χ3n) is 3.54. The van der Waals surface area contributed by atoms with E-state index in [9.17, 15) is 4.79 Å². The standard InChI is InChI=1S/C15H16ClN3O2/c16-11-3-1-10(2-4-11)13-9-14(18-17-13)15(21)19(7-8-20)12-5-6-12/h1-4,9,12,20H,5-8H2,(H,17,18). The lowest BCUT2D eigenvalue weighted by molar-refractivity contribution is 0.0701. The third-order valence-corrected chi connectivity index (χ3v) is 3.79. The van der Waals surface area contributed by atoms with Crippen LogP contribution in [0.3, 0.4) is 0 Å². The first-order chi connectivity index (χ1) is 10.2. The Morgan fingerprint density at radius 1 is 1.38 bits per heavy atom. The summed E-state index contributed by atoms with van der Waals surface area (Å²) in [4.78, 5) is 14.1. The van der Waals surface area contributed by atoms with Crippen LogP contribution in [0, 0.1) is 0 Å². The number of hydrogen-bond donors (Lipinski definition) is 2. The van der Waals surface area contributed by atoms with Gasteiger partial charge < -0.3 is 10.0 Å². The Kier molecular flexibility index (Phi) is 3.94. The average Bonchev–Trinajstić information content (AvgIpc) is 3.21. The Bertz CT molecular complexity index is 635. The Balaban J connectivity index is 1.80. The fraction of sp³-hybridized carbons (Fsp3) is 0.333. The largest absolute Gasteiger partial charge is 0.395 e. The Morgan fingerprint density at radius 2 is 2.10 bits per heavy atom. The van der Waals surface area contributed by atoms with Crippen molar-refractivity contribution in [2.24, 2.45) is 0 Å². The van der Waals surface area contributed by atoms with Crippen molar-refractivity contribution in [2.75, 3.05) is 13.2 Å². The molecule has 6 heteroatoms. The molecule has 1 aromatic carbocycles. The second kappa shape index (κ2) is 5.87. The number of H-pyrrole nitrogens is 1. The molecule has 2 aromatic rings. The number of aliphatic hydroxyl groups excluding tert-OH is 1. The van der Waals surface area contributed by atoms with E-state index in [2.05, 4.69) is 10.2 Å². The molecule has 0 saturated heterocycles. The predicted molar refractivity (Wildman–Crippen MR) is 80.2 cm³/mol. The minimum Gasteiger partial charge on any atom is -0.395 e. The molecule has 0 radical (unpaired) electrons. The summed E-state index contributed by atoms with van der Waals surface area (Å²) in [5.74, 6) is -0.112. The summed E-state index contributed by atoms with van der Waals surface area (Å²) in [5.41, 5.74) is 2.05. The van der Waals surface area contributed by atoms with Gasteiger partial charge in [0.1, 0.15) is 5.69 Å². The van der Waals surface area contributed by atoms with Crippen molar-refractivity contribution in [3.8, 4) is 11.3 Å². The molecular weight excluding hydrogens is 290 g/mol. The van der Waals surface area contributed by atoms with Gasteiger partial charge in [-0.25, -0.2) is 0 Å². The van der Waals surface area contributed by atoms with Crippen LogP contribution in [0.15, 0.2) is 30.3 Å². The molecule has 1 aliphatic rings. The fourth-order valence-electron chi connectivity index (χ4n) is 2.30. The molecule has 0 bridgehead atoms. The highest BCUT2D eigenvalue weighted by Gasteiger charge is 2.33. The van der Waals surface area contributed by atoms with E-state index in [0.717, 1.165) is 18.4 Å². The third kappa shape index (κ3) is 3.09. The van der Waals surface area contributed by atoms with Crippen LogP contribution >= 0.6 is 11.6 Å². The number of nitrogens with zero attached hydrogens (tertiary/aromatic N) is 2. The number of aliphatic hydroxyl groups is 1. The van der Waals surface area contributed by atoms with Crippen LogP contribution in [-0.4, -0.2) is 45.3 Å². The monoisotopic (exact) mass is 305 g/mol. The summed E-state index contributed by atoms with van der Waals surface area (Å²) in [5, 5.41) is 16.7. The van der Waals surface area contributed by atoms with E-state index in [1.54, 1.807) is 23.1 Å². The zero-order chi connectivity index (χ0) is 14.8. The predicted octanol–water partition coefficient (Wildman–Crippen LogP) is 2.33. The van der Waals surface area contributed by atoms with Crippen molar-refractivity contribution in [3.05, 3.63) is 41.0 Å². The molecule has 0 unspecified atom stereocenters. The molecule has 1 aliphatic carbocycles. The van der Waals surface area contributed by atoms with Crippen LogP contribution in [0.1, 0.15) is 23.3 Å². The van der Waals surface area contributed by atoms with Crippen LogP contribution < -0.4 is 0 Å². The molecule has 1 aromatic heterocycles. The maximum atomic E-state index is 12.4. The summed E-state index contributed by atoms with van der Waals surface area (Å²) in [6.07, 6.45) is 2.01. The van der Waals surface area contributed by atoms with Gasteiger partial charge in [-0.1, -0.05) is 23.7 Å². The van der Waals surface area contributed by atoms with Crippen LogP contribution in [0.4, 0.5) is 0 Å². The van der Waals surface area contributed by atoms with E-state index in [4.69, 9.17) is 16.7 Å². The van der Waals surface area contributed by atoms with E-state index >= 15 is 0 Å². The summed E-state index contributed by atoms with van der Waals surface area (Å²) >= 11 is 5.86. The molecule has 1 fully saturated rings. The van der Waals surface area contributed by atoms with Gasteiger partial charge in [0.2, 0.25) is 0 Å². The quantitative estimate of drug-likeness (QED) is 0.891. The first-order valence-corrected chi connectivity index (χ1v) is 7.30. The molecule has 3 rings (SSSR count). The van der Waals surface area contributed by atoms with Crippen LogP contribution in [-0.2, 0) is 0 Å². The Labute approximate surface area is 127 Å². The molecule has 21 heavy (non-hydrogen) atoms. The second-order valence-corrected chi connectivity index (χ2v) is 5.56. The number of rotatable bonds is 5. The molecular formula is C15H16ClN3O2. The lowest BCUT2D eigenvalue weighted by atomic mass is 10.1. The molecule has 2 N–H and O–H groups in total. The molecule has 0 aliphatic heterocycles. The molecule has 0 atom stereocenters. The van der Waals surface area contributed by atoms with Gasteiger partial charge in [0.15, 0.2) is 0 Å². The van der Waals surface area contributed by atoms with Gasteiger partial charge >= 0.3 is 0 Å². The van der Waals surface area contributed by atoms with E-state index < -0.39 is 0 Å². The van der Waals surface area contributed by atoms with E-state index in [1.807, 2.05) is 12.1 Å². The van der Waals surface area contributed by atoms with Crippen molar-refractivity contribution in [2.45, 2.75) is 18.9 Å². The summed E-state index contributed by atoms with van der Waals surface area (Å²) in [6, 6.07) is 9.29. The zero-order valence-corrected chi connectivity index (χ0v) is 12.2. The number of amides is 1. The van der Waals surface area contributed by atoms with E-state index in [1.165, 1.54) is 0 Å². The number of nitrogens with one attached hydrogen (secondary N) is 1. The highest BCUT2D eigenvalue weighted by atomic mass is 35.5. The molecule has 0 spiro atoms. The van der Waals surface area contributed by atoms with Crippen molar-refractivity contribution in [1.82, 2.24) is 15.1 Å². The molecule has 1 amide bonds. The number of aromatic nitrogens is 2. The number of halogens is 1. The van der Waals surface area contributed by atoms with Crippen LogP contribution in [0.25, 0.3) is 11.3 Å². The van der Waals surface area contributed by atoms with Gasteiger partial charge in [0, 0.05) is 23.2 Å². The lowest BCUT2D eigenvalue weighted by Crippen LogP contribution is -2.35. The average molecular weight is 306 g/mol. The van der Waals surface area contributed by atoms with Crippen molar-refractivity contribution in [3.63, 3.8) is 0 Å². The topological polar surface area (TPSA) is 69.2 Å². The van der Waals surface area contributed by atoms with Gasteiger partial charge in [0.05, 0.1) is 12.3 Å². The van der Waals surface area contributed by atoms with Crippen LogP contribution in [0.2, 0.25) is 5.02 Å². The number of benzene rings is 1. The zero-order valence-electron chi connectivity index (χ0n) is 11.4. The number of carbonyl (C=O) groups is 1. The highest BCUT2D eigenvalue weighted by Crippen LogP contribution is 2.28. The fourth-order valence-corrected chi connectivity index (χ4v) is 2.42. The van der Waals surface area contributed by atoms with Gasteiger partial charge in [0.25, 0.3) is 5.91 Å². The van der Waals surface area contributed by atoms with Crippen molar-refractivity contribution < 1.29 is 9.90 Å². The first kappa shape index (κ1) is 14.1.